The molecule has 4 aromatic heterocycles. The van der Waals surface area contributed by atoms with Gasteiger partial charge in [0.05, 0.1) is 32.0 Å². The minimum absolute atomic E-state index is 0.0411. The summed E-state index contributed by atoms with van der Waals surface area (Å²) in [6.45, 7) is -1.92. The fourth-order valence-electron chi connectivity index (χ4n) is 5.90. The highest BCUT2D eigenvalue weighted by Crippen LogP contribution is 2.55. The Morgan fingerprint density at radius 1 is 0.894 bits per heavy atom. The van der Waals surface area contributed by atoms with E-state index in [9.17, 15) is 33.9 Å². The summed E-state index contributed by atoms with van der Waals surface area (Å²) in [7, 11) is -10.1. The number of H-pyrrole nitrogens is 1. The molecule has 4 aromatic rings. The first-order valence-electron chi connectivity index (χ1n) is 13.9. The summed E-state index contributed by atoms with van der Waals surface area (Å²) in [6.07, 6.45) is -6.62. The summed E-state index contributed by atoms with van der Waals surface area (Å²) in [5.41, 5.74) is 11.0. The molecule has 0 aromatic carbocycles. The van der Waals surface area contributed by atoms with Gasteiger partial charge in [-0.3, -0.25) is 37.0 Å². The molecule has 254 valence electrons. The van der Waals surface area contributed by atoms with Crippen LogP contribution in [-0.2, 0) is 36.7 Å². The number of nitrogens with two attached hydrogens (primary N) is 2. The number of aromatic amines is 1. The lowest BCUT2D eigenvalue weighted by molar-refractivity contribution is -0.0671. The predicted octanol–water partition coefficient (Wildman–Crippen LogP) is -1.70. The molecule has 0 aliphatic carbocycles. The smallest absolute Gasteiger partial charge is 0.396 e. The maximum absolute atomic E-state index is 13.4. The van der Waals surface area contributed by atoms with Gasteiger partial charge in [-0.25, -0.2) is 29.1 Å². The molecule has 7 heterocycles. The van der Waals surface area contributed by atoms with Crippen molar-refractivity contribution in [1.29, 1.82) is 0 Å². The van der Waals surface area contributed by atoms with Gasteiger partial charge in [0.2, 0.25) is 5.95 Å². The summed E-state index contributed by atoms with van der Waals surface area (Å²) in [6, 6.07) is 0. The third-order valence-corrected chi connectivity index (χ3v) is 9.94. The van der Waals surface area contributed by atoms with Crippen LogP contribution in [0.3, 0.4) is 0 Å². The van der Waals surface area contributed by atoms with Crippen LogP contribution in [0.15, 0.2) is 23.8 Å². The van der Waals surface area contributed by atoms with Crippen LogP contribution in [0.1, 0.15) is 18.9 Å². The molecule has 3 saturated heterocycles. The molecule has 10 atom stereocenters. The van der Waals surface area contributed by atoms with Gasteiger partial charge in [-0.05, 0) is 6.42 Å². The maximum Gasteiger partial charge on any atom is 0.472 e. The van der Waals surface area contributed by atoms with Crippen molar-refractivity contribution in [1.82, 2.24) is 39.0 Å². The number of rotatable bonds is 4. The van der Waals surface area contributed by atoms with Crippen molar-refractivity contribution in [2.45, 2.75) is 49.4 Å². The first-order valence-corrected chi connectivity index (χ1v) is 16.9. The number of ether oxygens (including phenoxy) is 2. The van der Waals surface area contributed by atoms with Crippen molar-refractivity contribution < 1.29 is 56.7 Å². The third-order valence-electron chi connectivity index (χ3n) is 7.97. The van der Waals surface area contributed by atoms with Crippen LogP contribution in [0.5, 0.6) is 0 Å². The van der Waals surface area contributed by atoms with Crippen LogP contribution >= 0.6 is 15.6 Å². The highest BCUT2D eigenvalue weighted by atomic mass is 31.2. The van der Waals surface area contributed by atoms with E-state index in [1.54, 1.807) is 0 Å². The maximum atomic E-state index is 13.4. The number of nitrogens with one attached hydrogen (secondary N) is 1. The van der Waals surface area contributed by atoms with Gasteiger partial charge in [-0.15, -0.1) is 0 Å². The fourth-order valence-corrected chi connectivity index (χ4v) is 7.83. The van der Waals surface area contributed by atoms with Crippen molar-refractivity contribution >= 4 is 49.7 Å². The number of anilines is 2. The van der Waals surface area contributed by atoms with Crippen molar-refractivity contribution in [3.8, 4) is 0 Å². The Kier molecular flexibility index (Phi) is 8.14. The Morgan fingerprint density at radius 3 is 2.26 bits per heavy atom. The molecule has 0 radical (unpaired) electrons. The first-order chi connectivity index (χ1) is 22.4. The number of imidazole rings is 2. The van der Waals surface area contributed by atoms with E-state index in [4.69, 9.17) is 39.0 Å². The normalized spacial score (nSPS) is 36.6. The van der Waals surface area contributed by atoms with E-state index in [1.165, 1.54) is 15.5 Å². The summed E-state index contributed by atoms with van der Waals surface area (Å²) in [5.74, 6) is -1.17. The van der Waals surface area contributed by atoms with Gasteiger partial charge in [0.15, 0.2) is 35.1 Å². The van der Waals surface area contributed by atoms with Gasteiger partial charge < -0.3 is 40.9 Å². The molecular formula is C22H28N10O13P2. The molecule has 3 aliphatic heterocycles. The molecule has 23 nitrogen and oxygen atoms in total. The quantitative estimate of drug-likeness (QED) is 0.116. The molecule has 3 aliphatic rings. The van der Waals surface area contributed by atoms with Crippen LogP contribution in [0, 0.1) is 5.92 Å². The van der Waals surface area contributed by atoms with E-state index in [-0.39, 0.29) is 40.5 Å². The largest absolute Gasteiger partial charge is 0.472 e. The Hall–Kier alpha value is -3.44. The lowest BCUT2D eigenvalue weighted by atomic mass is 9.95. The van der Waals surface area contributed by atoms with Crippen molar-refractivity contribution in [3.63, 3.8) is 0 Å². The highest BCUT2D eigenvalue weighted by Gasteiger charge is 2.54. The van der Waals surface area contributed by atoms with Gasteiger partial charge in [0.1, 0.15) is 36.3 Å². The monoisotopic (exact) mass is 702 g/mol. The Labute approximate surface area is 261 Å². The van der Waals surface area contributed by atoms with Gasteiger partial charge in [0, 0.05) is 12.5 Å². The van der Waals surface area contributed by atoms with E-state index in [1.807, 2.05) is 0 Å². The van der Waals surface area contributed by atoms with E-state index in [2.05, 4.69) is 29.9 Å². The van der Waals surface area contributed by atoms with Crippen LogP contribution in [0.2, 0.25) is 0 Å². The molecule has 0 saturated carbocycles. The average Bonchev–Trinajstić information content (AvgIpc) is 3.76. The predicted molar refractivity (Wildman–Crippen MR) is 153 cm³/mol. The minimum Gasteiger partial charge on any atom is -0.396 e. The topological polar surface area (TPSA) is 330 Å². The standard InChI is InChI=1S/C22H28N10O13P2/c23-16-11-17(26-5-25-16)31(6-27-11)20-13(34)15-10(43-20)4-41-46(36,37)44-14-8(1-2-33)9(3-40-47(38,39)45-15)42-21(14)32-7-28-12-18(32)29-22(24)30-19(12)35/h5-10,13-15,20-21,33-34H,1-4H2,(H,36,37)(H,38,39)(H2,23,25,26)(H3,24,29,30,35)/t8?,9-,10-,13+,14+,15?,20-,21-/m1/s1. The summed E-state index contributed by atoms with van der Waals surface area (Å²) < 4.78 is 62.7. The number of aromatic nitrogens is 8. The van der Waals surface area contributed by atoms with Crippen molar-refractivity contribution in [2.24, 2.45) is 5.92 Å². The lowest BCUT2D eigenvalue weighted by Crippen LogP contribution is -2.36. The lowest BCUT2D eigenvalue weighted by Gasteiger charge is -2.26. The molecule has 0 amide bonds. The molecule has 7 rings (SSSR count). The second-order valence-electron chi connectivity index (χ2n) is 10.8. The summed E-state index contributed by atoms with van der Waals surface area (Å²) in [4.78, 5) is 56.5. The molecule has 0 spiro atoms. The molecule has 2 bridgehead atoms. The third kappa shape index (κ3) is 5.83. The Balaban J connectivity index is 1.23. The van der Waals surface area contributed by atoms with Crippen LogP contribution in [-0.4, -0.2) is 109 Å². The van der Waals surface area contributed by atoms with Crippen LogP contribution < -0.4 is 17.0 Å². The number of nitrogens with zero attached hydrogens (tertiary/aromatic N) is 7. The number of nitrogen functional groups attached to an aromatic ring is 2. The number of hydrogen-bond donors (Lipinski definition) is 7. The second kappa shape index (κ2) is 11.9. The number of phosphoric acid groups is 2. The SMILES string of the molecule is Nc1nc2c(ncn2[C@@H]2O[C@@H]3COP(=O)(O)OC4[C@@H](COP(=O)(O)O[C@H]2C3CCO)O[C@@H](n2cnc3c(N)ncnc32)[C@H]4O)c(=O)[nH]1. The minimum atomic E-state index is -5.06. The van der Waals surface area contributed by atoms with Gasteiger partial charge in [-0.2, -0.15) is 4.98 Å². The molecule has 3 fully saturated rings. The summed E-state index contributed by atoms with van der Waals surface area (Å²) >= 11 is 0. The van der Waals surface area contributed by atoms with Gasteiger partial charge >= 0.3 is 15.6 Å². The van der Waals surface area contributed by atoms with Gasteiger partial charge in [0.25, 0.3) is 5.56 Å². The zero-order valence-electron chi connectivity index (χ0n) is 23.8. The van der Waals surface area contributed by atoms with E-state index in [0.717, 1.165) is 12.7 Å². The molecular weight excluding hydrogens is 674 g/mol. The average molecular weight is 702 g/mol. The highest BCUT2D eigenvalue weighted by molar-refractivity contribution is 7.47. The zero-order valence-corrected chi connectivity index (χ0v) is 25.6. The van der Waals surface area contributed by atoms with Crippen LogP contribution in [0.25, 0.3) is 22.3 Å². The molecule has 25 heteroatoms. The van der Waals surface area contributed by atoms with Crippen molar-refractivity contribution in [2.75, 3.05) is 31.3 Å². The van der Waals surface area contributed by atoms with Crippen LogP contribution in [0.4, 0.5) is 11.8 Å². The first kappa shape index (κ1) is 32.1. The second-order valence-corrected chi connectivity index (χ2v) is 13.6. The van der Waals surface area contributed by atoms with Crippen molar-refractivity contribution in [3.05, 3.63) is 29.3 Å². The molecule has 4 unspecified atom stereocenters. The number of aliphatic hydroxyl groups excluding tert-OH is 2. The Bertz CT molecular complexity index is 1970. The molecule has 47 heavy (non-hydrogen) atoms. The number of aliphatic hydroxyl groups is 2. The number of phosphoric ester groups is 2. The number of fused-ring (bicyclic) bond motifs is 5. The number of hydrogen-bond acceptors (Lipinski definition) is 18. The summed E-state index contributed by atoms with van der Waals surface area (Å²) in [5, 5.41) is 21.0. The molecule has 9 N–H and O–H groups in total. The van der Waals surface area contributed by atoms with E-state index >= 15 is 0 Å². The van der Waals surface area contributed by atoms with E-state index < -0.39 is 89.9 Å². The van der Waals surface area contributed by atoms with Gasteiger partial charge in [-0.1, -0.05) is 0 Å². The van der Waals surface area contributed by atoms with E-state index in [0.29, 0.717) is 0 Å². The Morgan fingerprint density at radius 2 is 1.53 bits per heavy atom. The zero-order chi connectivity index (χ0) is 33.2. The fraction of sp³-hybridized carbons (Fsp3) is 0.545.